The third kappa shape index (κ3) is 4.14. The second-order valence-corrected chi connectivity index (χ2v) is 7.35. The van der Waals surface area contributed by atoms with Crippen molar-refractivity contribution in [3.05, 3.63) is 54.0 Å². The average molecular weight is 355 g/mol. The van der Waals surface area contributed by atoms with Crippen LogP contribution in [0.4, 0.5) is 0 Å². The third-order valence-corrected chi connectivity index (χ3v) is 4.23. The molecule has 0 saturated carbocycles. The summed E-state index contributed by atoms with van der Waals surface area (Å²) < 4.78 is 10.8. The number of rotatable bonds is 5. The van der Waals surface area contributed by atoms with Crippen LogP contribution in [0.15, 0.2) is 52.2 Å². The maximum Gasteiger partial charge on any atom is 0.257 e. The molecule has 0 radical (unpaired) electrons. The number of nitrogens with zero attached hydrogens (tertiary/aromatic N) is 2. The fourth-order valence-corrected chi connectivity index (χ4v) is 2.82. The number of carbonyl (C=O) groups excluding carboxylic acids is 1. The molecule has 2 heterocycles. The zero-order valence-electron chi connectivity index (χ0n) is 15.7. The summed E-state index contributed by atoms with van der Waals surface area (Å²) in [6.45, 7) is 6.31. The minimum absolute atomic E-state index is 0.0789. The van der Waals surface area contributed by atoms with E-state index in [0.717, 1.165) is 22.8 Å². The Hall–Kier alpha value is -2.60. The number of methoxy groups -OCH3 is 1. The van der Waals surface area contributed by atoms with Gasteiger partial charge in [-0.2, -0.15) is 5.10 Å². The fourth-order valence-electron chi connectivity index (χ4n) is 2.82. The first-order valence-corrected chi connectivity index (χ1v) is 8.70. The van der Waals surface area contributed by atoms with Gasteiger partial charge in [0.05, 0.1) is 25.6 Å². The molecular weight excluding hydrogens is 330 g/mol. The van der Waals surface area contributed by atoms with Crippen LogP contribution in [0.2, 0.25) is 0 Å². The lowest BCUT2D eigenvalue weighted by molar-refractivity contribution is -0.132. The smallest absolute Gasteiger partial charge is 0.257 e. The zero-order valence-corrected chi connectivity index (χ0v) is 15.7. The fraction of sp³-hybridized carbons (Fsp3) is 0.400. The van der Waals surface area contributed by atoms with Crippen molar-refractivity contribution in [2.75, 3.05) is 13.7 Å². The van der Waals surface area contributed by atoms with Crippen LogP contribution < -0.4 is 10.1 Å². The molecule has 3 rings (SSSR count). The molecule has 6 heteroatoms. The van der Waals surface area contributed by atoms with E-state index in [-0.39, 0.29) is 24.0 Å². The molecule has 0 spiro atoms. The van der Waals surface area contributed by atoms with Gasteiger partial charge in [-0.1, -0.05) is 0 Å². The van der Waals surface area contributed by atoms with Crippen molar-refractivity contribution in [1.82, 2.24) is 10.3 Å². The van der Waals surface area contributed by atoms with Gasteiger partial charge in [0.15, 0.2) is 0 Å². The van der Waals surface area contributed by atoms with Crippen LogP contribution in [-0.2, 0) is 4.79 Å². The van der Waals surface area contributed by atoms with E-state index >= 15 is 0 Å². The summed E-state index contributed by atoms with van der Waals surface area (Å²) in [6.07, 6.45) is 2.23. The van der Waals surface area contributed by atoms with Crippen LogP contribution in [0.3, 0.4) is 0 Å². The van der Waals surface area contributed by atoms with Gasteiger partial charge in [-0.05, 0) is 62.7 Å². The van der Waals surface area contributed by atoms with Crippen LogP contribution in [0.5, 0.6) is 5.75 Å². The molecule has 0 aliphatic carbocycles. The van der Waals surface area contributed by atoms with E-state index in [1.807, 2.05) is 57.2 Å². The Morgan fingerprint density at radius 2 is 2.04 bits per heavy atom. The Kier molecular flexibility index (Phi) is 5.13. The van der Waals surface area contributed by atoms with Crippen LogP contribution >= 0.6 is 0 Å². The molecule has 1 atom stereocenters. The summed E-state index contributed by atoms with van der Waals surface area (Å²) in [5.41, 5.74) is 1.69. The first-order valence-electron chi connectivity index (χ1n) is 8.70. The van der Waals surface area contributed by atoms with Crippen LogP contribution in [0.1, 0.15) is 44.6 Å². The summed E-state index contributed by atoms with van der Waals surface area (Å²) in [5.74, 6) is 1.45. The van der Waals surface area contributed by atoms with Crippen LogP contribution in [0.25, 0.3) is 0 Å². The third-order valence-electron chi connectivity index (χ3n) is 4.23. The molecule has 1 N–H and O–H groups in total. The molecule has 1 amide bonds. The van der Waals surface area contributed by atoms with Gasteiger partial charge in [0.1, 0.15) is 17.6 Å². The lowest BCUT2D eigenvalue weighted by atomic mass is 10.0. The van der Waals surface area contributed by atoms with Gasteiger partial charge in [0, 0.05) is 12.0 Å². The van der Waals surface area contributed by atoms with Crippen molar-refractivity contribution in [3.8, 4) is 5.75 Å². The Bertz CT molecular complexity index is 774. The first kappa shape index (κ1) is 18.2. The SMILES string of the molecule is COc1ccc(C2=NN(C(=O)CNC(C)(C)C)[C@@H](c3ccco3)C2)cc1. The van der Waals surface area contributed by atoms with E-state index in [1.54, 1.807) is 13.4 Å². The molecule has 1 aromatic heterocycles. The summed E-state index contributed by atoms with van der Waals surface area (Å²) in [5, 5.41) is 9.38. The molecule has 0 unspecified atom stereocenters. The van der Waals surface area contributed by atoms with Gasteiger partial charge >= 0.3 is 0 Å². The molecule has 1 aliphatic rings. The predicted molar refractivity (Wildman–Crippen MR) is 100 cm³/mol. The van der Waals surface area contributed by atoms with Crippen molar-refractivity contribution < 1.29 is 13.9 Å². The Labute approximate surface area is 153 Å². The molecule has 0 bridgehead atoms. The lowest BCUT2D eigenvalue weighted by Crippen LogP contribution is -2.43. The summed E-state index contributed by atoms with van der Waals surface area (Å²) in [7, 11) is 1.64. The van der Waals surface area contributed by atoms with Gasteiger partial charge < -0.3 is 14.5 Å². The highest BCUT2D eigenvalue weighted by atomic mass is 16.5. The second-order valence-electron chi connectivity index (χ2n) is 7.35. The second kappa shape index (κ2) is 7.33. The summed E-state index contributed by atoms with van der Waals surface area (Å²) in [4.78, 5) is 12.8. The topological polar surface area (TPSA) is 67.1 Å². The largest absolute Gasteiger partial charge is 0.497 e. The van der Waals surface area contributed by atoms with Gasteiger partial charge in [-0.25, -0.2) is 5.01 Å². The molecule has 2 aromatic rings. The minimum atomic E-state index is -0.226. The average Bonchev–Trinajstić information content (AvgIpc) is 3.28. The number of amides is 1. The monoisotopic (exact) mass is 355 g/mol. The quantitative estimate of drug-likeness (QED) is 0.893. The van der Waals surface area contributed by atoms with Crippen molar-refractivity contribution in [2.24, 2.45) is 5.10 Å². The van der Waals surface area contributed by atoms with Crippen LogP contribution in [0, 0.1) is 0 Å². The molecule has 138 valence electrons. The maximum atomic E-state index is 12.8. The summed E-state index contributed by atoms with van der Waals surface area (Å²) in [6, 6.07) is 11.2. The highest BCUT2D eigenvalue weighted by Gasteiger charge is 2.34. The molecule has 26 heavy (non-hydrogen) atoms. The highest BCUT2D eigenvalue weighted by Crippen LogP contribution is 2.33. The Morgan fingerprint density at radius 3 is 2.62 bits per heavy atom. The molecule has 1 aromatic carbocycles. The zero-order chi connectivity index (χ0) is 18.7. The van der Waals surface area contributed by atoms with Crippen LogP contribution in [-0.4, -0.2) is 35.8 Å². The number of carbonyl (C=O) groups is 1. The number of hydrogen-bond donors (Lipinski definition) is 1. The predicted octanol–water partition coefficient (Wildman–Crippen LogP) is 3.35. The molecule has 1 aliphatic heterocycles. The van der Waals surface area contributed by atoms with Gasteiger partial charge in [0.2, 0.25) is 0 Å². The maximum absolute atomic E-state index is 12.8. The lowest BCUT2D eigenvalue weighted by Gasteiger charge is -2.24. The van der Waals surface area contributed by atoms with Crippen molar-refractivity contribution in [2.45, 2.75) is 38.8 Å². The van der Waals surface area contributed by atoms with Crippen molar-refractivity contribution in [3.63, 3.8) is 0 Å². The van der Waals surface area contributed by atoms with Crippen molar-refractivity contribution in [1.29, 1.82) is 0 Å². The number of benzene rings is 1. The number of hydrogen-bond acceptors (Lipinski definition) is 5. The number of furan rings is 1. The van der Waals surface area contributed by atoms with E-state index < -0.39 is 0 Å². The van der Waals surface area contributed by atoms with E-state index in [9.17, 15) is 4.79 Å². The van der Waals surface area contributed by atoms with Gasteiger partial charge in [0.25, 0.3) is 5.91 Å². The van der Waals surface area contributed by atoms with E-state index in [0.29, 0.717) is 6.42 Å². The van der Waals surface area contributed by atoms with Gasteiger partial charge in [-0.3, -0.25) is 4.79 Å². The van der Waals surface area contributed by atoms with Crippen molar-refractivity contribution >= 4 is 11.6 Å². The number of hydrazone groups is 1. The number of nitrogens with one attached hydrogen (secondary N) is 1. The van der Waals surface area contributed by atoms with E-state index in [1.165, 1.54) is 5.01 Å². The number of ether oxygens (including phenoxy) is 1. The minimum Gasteiger partial charge on any atom is -0.497 e. The molecule has 0 saturated heterocycles. The Balaban J connectivity index is 1.83. The molecule has 0 fully saturated rings. The normalized spacial score (nSPS) is 17.3. The highest BCUT2D eigenvalue weighted by molar-refractivity contribution is 6.03. The standard InChI is InChI=1S/C20H25N3O3/c1-20(2,3)21-13-19(24)23-17(18-6-5-11-26-18)12-16(22-23)14-7-9-15(25-4)10-8-14/h5-11,17,21H,12-13H2,1-4H3/t17-/m1/s1. The first-order chi connectivity index (χ1) is 12.4. The molecular formula is C20H25N3O3. The van der Waals surface area contributed by atoms with E-state index in [4.69, 9.17) is 9.15 Å². The Morgan fingerprint density at radius 1 is 1.31 bits per heavy atom. The van der Waals surface area contributed by atoms with E-state index in [2.05, 4.69) is 10.4 Å². The summed E-state index contributed by atoms with van der Waals surface area (Å²) >= 11 is 0. The molecule has 6 nitrogen and oxygen atoms in total. The van der Waals surface area contributed by atoms with Gasteiger partial charge in [-0.15, -0.1) is 0 Å².